The highest BCUT2D eigenvalue weighted by atomic mass is 35.5. The molecule has 1 aliphatic heterocycles. The van der Waals surface area contributed by atoms with Crippen molar-refractivity contribution in [2.75, 3.05) is 6.61 Å². The van der Waals surface area contributed by atoms with Crippen LogP contribution in [0, 0.1) is 17.6 Å². The molecule has 0 amide bonds. The first kappa shape index (κ1) is 22.5. The fraction of sp³-hybridized carbons (Fsp3) is 0.478. The molecule has 1 saturated carbocycles. The molecule has 4 nitrogen and oxygen atoms in total. The highest BCUT2D eigenvalue weighted by Crippen LogP contribution is 2.58. The van der Waals surface area contributed by atoms with Gasteiger partial charge >= 0.3 is 0 Å². The summed E-state index contributed by atoms with van der Waals surface area (Å²) in [5.41, 5.74) is -1.33. The minimum atomic E-state index is -4.18. The summed E-state index contributed by atoms with van der Waals surface area (Å²) in [5.74, 6) is -2.70. The Morgan fingerprint density at radius 1 is 1.13 bits per heavy atom. The van der Waals surface area contributed by atoms with Crippen LogP contribution in [0.2, 0.25) is 5.02 Å². The lowest BCUT2D eigenvalue weighted by Gasteiger charge is -2.51. The van der Waals surface area contributed by atoms with E-state index in [1.54, 1.807) is 0 Å². The number of ether oxygens (including phenoxy) is 1. The summed E-state index contributed by atoms with van der Waals surface area (Å²) < 4.78 is 61.7. The van der Waals surface area contributed by atoms with E-state index in [9.17, 15) is 17.9 Å². The first-order valence-electron chi connectivity index (χ1n) is 10.5. The highest BCUT2D eigenvalue weighted by molar-refractivity contribution is 7.92. The number of aliphatic hydroxyl groups is 1. The Morgan fingerprint density at radius 2 is 1.81 bits per heavy atom. The van der Waals surface area contributed by atoms with Crippen molar-refractivity contribution in [3.8, 4) is 5.75 Å². The van der Waals surface area contributed by atoms with Crippen LogP contribution in [0.4, 0.5) is 8.78 Å². The molecule has 0 radical (unpaired) electrons. The number of hydrogen-bond donors (Lipinski definition) is 1. The maximum Gasteiger partial charge on any atom is 0.188 e. The third kappa shape index (κ3) is 3.55. The molecule has 8 heteroatoms. The molecule has 3 atom stereocenters. The van der Waals surface area contributed by atoms with Crippen molar-refractivity contribution in [2.24, 2.45) is 5.92 Å². The molecule has 168 valence electrons. The summed E-state index contributed by atoms with van der Waals surface area (Å²) in [5, 5.41) is 11.5. The smallest absolute Gasteiger partial charge is 0.188 e. The third-order valence-corrected chi connectivity index (χ3v) is 9.60. The van der Waals surface area contributed by atoms with Crippen LogP contribution in [0.1, 0.15) is 51.0 Å². The van der Waals surface area contributed by atoms with E-state index >= 15 is 4.39 Å². The Hall–Kier alpha value is -1.70. The molecule has 0 bridgehead atoms. The maximum absolute atomic E-state index is 15.2. The number of benzene rings is 2. The van der Waals surface area contributed by atoms with Crippen molar-refractivity contribution < 1.29 is 27.0 Å². The molecule has 2 aromatic rings. The standard InChI is InChI=1S/C23H25ClF2O4S/c1-2-3-10-22(27)11-12-23(31(28,29)17-6-4-16(24)5-7-17)15(13-22)14-30-21-19(26)9-8-18(25)20(21)23/h4-9,15,27H,2-3,10-14H2,1H3/t15-,22-,23+/m1/s1. The summed E-state index contributed by atoms with van der Waals surface area (Å²) in [6.07, 6.45) is 2.48. The quantitative estimate of drug-likeness (QED) is 0.635. The van der Waals surface area contributed by atoms with Crippen LogP contribution in [0.5, 0.6) is 5.75 Å². The van der Waals surface area contributed by atoms with Gasteiger partial charge < -0.3 is 9.84 Å². The summed E-state index contributed by atoms with van der Waals surface area (Å²) in [7, 11) is -4.18. The number of unbranched alkanes of at least 4 members (excludes halogenated alkanes) is 1. The Labute approximate surface area is 186 Å². The highest BCUT2D eigenvalue weighted by Gasteiger charge is 2.61. The van der Waals surface area contributed by atoms with Crippen LogP contribution in [-0.2, 0) is 14.6 Å². The van der Waals surface area contributed by atoms with Crippen molar-refractivity contribution in [2.45, 2.75) is 60.7 Å². The average Bonchev–Trinajstić information content (AvgIpc) is 2.74. The van der Waals surface area contributed by atoms with Crippen molar-refractivity contribution in [3.63, 3.8) is 0 Å². The summed E-state index contributed by atoms with van der Waals surface area (Å²) in [6.45, 7) is 1.90. The molecule has 2 aromatic carbocycles. The van der Waals surface area contributed by atoms with Crippen LogP contribution in [0.25, 0.3) is 0 Å². The van der Waals surface area contributed by atoms with Gasteiger partial charge in [-0.2, -0.15) is 0 Å². The zero-order valence-electron chi connectivity index (χ0n) is 17.2. The molecular formula is C23H25ClF2O4S. The second-order valence-corrected chi connectivity index (χ2v) is 11.3. The zero-order chi connectivity index (χ0) is 22.4. The van der Waals surface area contributed by atoms with E-state index in [1.807, 2.05) is 6.92 Å². The van der Waals surface area contributed by atoms with Crippen molar-refractivity contribution in [1.82, 2.24) is 0 Å². The SMILES string of the molecule is CCCC[C@@]1(O)CC[C@@]2(S(=O)(=O)c3ccc(Cl)cc3)c3c(F)ccc(F)c3OC[C@H]2C1. The summed E-state index contributed by atoms with van der Waals surface area (Å²) >= 11 is 5.94. The number of hydrogen-bond acceptors (Lipinski definition) is 4. The fourth-order valence-corrected chi connectivity index (χ4v) is 7.63. The summed E-state index contributed by atoms with van der Waals surface area (Å²) in [6, 6.07) is 7.57. The van der Waals surface area contributed by atoms with Gasteiger partial charge in [0, 0.05) is 10.9 Å². The van der Waals surface area contributed by atoms with Gasteiger partial charge in [-0.25, -0.2) is 17.2 Å². The van der Waals surface area contributed by atoms with Gasteiger partial charge in [-0.05, 0) is 62.1 Å². The van der Waals surface area contributed by atoms with E-state index < -0.39 is 37.7 Å². The monoisotopic (exact) mass is 470 g/mol. The van der Waals surface area contributed by atoms with Gasteiger partial charge in [0.1, 0.15) is 10.6 Å². The Morgan fingerprint density at radius 3 is 2.48 bits per heavy atom. The van der Waals surface area contributed by atoms with Gasteiger partial charge in [0.15, 0.2) is 21.4 Å². The van der Waals surface area contributed by atoms with E-state index in [-0.39, 0.29) is 42.1 Å². The summed E-state index contributed by atoms with van der Waals surface area (Å²) in [4.78, 5) is -0.0163. The van der Waals surface area contributed by atoms with Crippen LogP contribution in [-0.4, -0.2) is 25.7 Å². The maximum atomic E-state index is 15.2. The topological polar surface area (TPSA) is 63.6 Å². The van der Waals surface area contributed by atoms with Crippen LogP contribution in [0.3, 0.4) is 0 Å². The molecule has 0 saturated heterocycles. The van der Waals surface area contributed by atoms with Gasteiger partial charge in [0.2, 0.25) is 0 Å². The molecule has 4 rings (SSSR count). The largest absolute Gasteiger partial charge is 0.490 e. The molecule has 1 heterocycles. The number of rotatable bonds is 5. The molecule has 0 spiro atoms. The molecule has 0 unspecified atom stereocenters. The predicted molar refractivity (Wildman–Crippen MR) is 114 cm³/mol. The van der Waals surface area contributed by atoms with E-state index in [0.29, 0.717) is 11.4 Å². The van der Waals surface area contributed by atoms with Crippen LogP contribution in [0.15, 0.2) is 41.3 Å². The van der Waals surface area contributed by atoms with Gasteiger partial charge in [0.25, 0.3) is 0 Å². The van der Waals surface area contributed by atoms with E-state index in [1.165, 1.54) is 24.3 Å². The van der Waals surface area contributed by atoms with Gasteiger partial charge in [-0.3, -0.25) is 0 Å². The molecule has 1 N–H and O–H groups in total. The minimum Gasteiger partial charge on any atom is -0.490 e. The molecular weight excluding hydrogens is 446 g/mol. The molecule has 1 aliphatic carbocycles. The number of sulfone groups is 1. The van der Waals surface area contributed by atoms with E-state index in [0.717, 1.165) is 25.0 Å². The van der Waals surface area contributed by atoms with E-state index in [2.05, 4.69) is 0 Å². The number of fused-ring (bicyclic) bond motifs is 3. The predicted octanol–water partition coefficient (Wildman–Crippen LogP) is 5.40. The molecule has 2 aliphatic rings. The second kappa shape index (κ2) is 8.01. The minimum absolute atomic E-state index is 0.0163. The van der Waals surface area contributed by atoms with Gasteiger partial charge in [-0.15, -0.1) is 0 Å². The van der Waals surface area contributed by atoms with Crippen LogP contribution < -0.4 is 4.74 Å². The third-order valence-electron chi connectivity index (χ3n) is 6.76. The normalized spacial score (nSPS) is 27.8. The van der Waals surface area contributed by atoms with Gasteiger partial charge in [0.05, 0.1) is 22.7 Å². The van der Waals surface area contributed by atoms with Crippen molar-refractivity contribution in [3.05, 3.63) is 58.6 Å². The zero-order valence-corrected chi connectivity index (χ0v) is 18.8. The first-order valence-corrected chi connectivity index (χ1v) is 12.3. The van der Waals surface area contributed by atoms with Crippen LogP contribution >= 0.6 is 11.6 Å². The van der Waals surface area contributed by atoms with Gasteiger partial charge in [-0.1, -0.05) is 31.4 Å². The molecule has 0 aromatic heterocycles. The lowest BCUT2D eigenvalue weighted by Crippen LogP contribution is -2.56. The average molecular weight is 471 g/mol. The second-order valence-electron chi connectivity index (χ2n) is 8.62. The fourth-order valence-electron chi connectivity index (χ4n) is 5.17. The lowest BCUT2D eigenvalue weighted by atomic mass is 9.66. The molecule has 31 heavy (non-hydrogen) atoms. The Balaban J connectivity index is 1.92. The van der Waals surface area contributed by atoms with Crippen molar-refractivity contribution in [1.29, 1.82) is 0 Å². The first-order chi connectivity index (χ1) is 14.6. The number of halogens is 3. The molecule has 1 fully saturated rings. The Kier molecular flexibility index (Phi) is 5.82. The van der Waals surface area contributed by atoms with E-state index in [4.69, 9.17) is 16.3 Å². The lowest BCUT2D eigenvalue weighted by molar-refractivity contribution is -0.0530. The Bertz CT molecular complexity index is 1090. The van der Waals surface area contributed by atoms with Crippen molar-refractivity contribution >= 4 is 21.4 Å².